The quantitative estimate of drug-likeness (QED) is 0.290. The summed E-state index contributed by atoms with van der Waals surface area (Å²) in [5.41, 5.74) is 1.11. The number of carbonyl (C=O) groups is 3. The molecule has 4 amide bonds. The third-order valence-electron chi connectivity index (χ3n) is 5.30. The summed E-state index contributed by atoms with van der Waals surface area (Å²) < 4.78 is 5.25. The lowest BCUT2D eigenvalue weighted by Gasteiger charge is -2.29. The zero-order valence-corrected chi connectivity index (χ0v) is 19.3. The molecule has 10 nitrogen and oxygen atoms in total. The molecule has 1 aliphatic heterocycles. The highest BCUT2D eigenvalue weighted by Gasteiger charge is 2.31. The van der Waals surface area contributed by atoms with E-state index in [1.54, 1.807) is 18.7 Å². The minimum absolute atomic E-state index is 0.159. The first kappa shape index (κ1) is 26.6. The molecule has 1 aromatic carbocycles. The van der Waals surface area contributed by atoms with E-state index in [4.69, 9.17) is 4.74 Å². The average Bonchev–Trinajstić information content (AvgIpc) is 2.78. The zero-order valence-electron chi connectivity index (χ0n) is 19.3. The second-order valence-electron chi connectivity index (χ2n) is 8.43. The molecule has 182 valence electrons. The predicted molar refractivity (Wildman–Crippen MR) is 124 cm³/mol. The Kier molecular flexibility index (Phi) is 11.1. The highest BCUT2D eigenvalue weighted by atomic mass is 16.5. The van der Waals surface area contributed by atoms with Gasteiger partial charge in [0.1, 0.15) is 6.04 Å². The van der Waals surface area contributed by atoms with Crippen molar-refractivity contribution in [2.24, 2.45) is 0 Å². The standard InChI is InChI=1S/C22H35BN4O6/c1-16(2)24-22(30)25-18(15-20(28)27-11-13-33-14-12-27)21(29)26-19(23(31)32)10-6-9-17-7-4-3-5-8-17/h3-5,7-8,16,18-19,31-32H,6,9-15H2,1-2H3,(H,26,29)(H2,24,25,30). The molecule has 1 aliphatic rings. The lowest BCUT2D eigenvalue weighted by atomic mass is 9.76. The largest absolute Gasteiger partial charge is 0.475 e. The molecule has 5 N–H and O–H groups in total. The number of hydrogen-bond donors (Lipinski definition) is 5. The Bertz CT molecular complexity index is 759. The van der Waals surface area contributed by atoms with Crippen LogP contribution in [0.1, 0.15) is 38.7 Å². The van der Waals surface area contributed by atoms with Crippen LogP contribution in [-0.2, 0) is 20.7 Å². The molecule has 1 fully saturated rings. The van der Waals surface area contributed by atoms with Crippen LogP contribution in [0.15, 0.2) is 30.3 Å². The normalized spacial score (nSPS) is 15.5. The van der Waals surface area contributed by atoms with Gasteiger partial charge in [0, 0.05) is 19.1 Å². The van der Waals surface area contributed by atoms with Crippen LogP contribution in [0.2, 0.25) is 0 Å². The molecule has 0 radical (unpaired) electrons. The van der Waals surface area contributed by atoms with Crippen molar-refractivity contribution in [1.29, 1.82) is 0 Å². The monoisotopic (exact) mass is 462 g/mol. The van der Waals surface area contributed by atoms with E-state index in [0.29, 0.717) is 45.6 Å². The fourth-order valence-corrected chi connectivity index (χ4v) is 3.54. The minimum Gasteiger partial charge on any atom is -0.426 e. The molecule has 2 rings (SSSR count). The molecule has 1 heterocycles. The number of nitrogens with zero attached hydrogens (tertiary/aromatic N) is 1. The Hall–Kier alpha value is -2.63. The summed E-state index contributed by atoms with van der Waals surface area (Å²) in [6, 6.07) is 7.85. The number of urea groups is 1. The zero-order chi connectivity index (χ0) is 24.2. The fraction of sp³-hybridized carbons (Fsp3) is 0.591. The number of nitrogens with one attached hydrogen (secondary N) is 3. The number of amides is 4. The summed E-state index contributed by atoms with van der Waals surface area (Å²) in [6.07, 6.45) is 1.41. The van der Waals surface area contributed by atoms with Crippen LogP contribution in [-0.4, -0.2) is 84.2 Å². The van der Waals surface area contributed by atoms with E-state index < -0.39 is 31.0 Å². The van der Waals surface area contributed by atoms with Crippen molar-refractivity contribution in [3.63, 3.8) is 0 Å². The van der Waals surface area contributed by atoms with E-state index in [0.717, 1.165) is 5.56 Å². The summed E-state index contributed by atoms with van der Waals surface area (Å²) in [5, 5.41) is 27.3. The second-order valence-corrected chi connectivity index (χ2v) is 8.43. The van der Waals surface area contributed by atoms with Gasteiger partial charge in [-0.3, -0.25) is 9.59 Å². The molecule has 2 atom stereocenters. The molecular weight excluding hydrogens is 427 g/mol. The molecule has 0 aromatic heterocycles. The lowest BCUT2D eigenvalue weighted by molar-refractivity contribution is -0.138. The molecule has 2 unspecified atom stereocenters. The highest BCUT2D eigenvalue weighted by Crippen LogP contribution is 2.09. The summed E-state index contributed by atoms with van der Waals surface area (Å²) in [6.45, 7) is 5.23. The maximum absolute atomic E-state index is 13.0. The highest BCUT2D eigenvalue weighted by molar-refractivity contribution is 6.43. The van der Waals surface area contributed by atoms with E-state index in [1.165, 1.54) is 0 Å². The maximum atomic E-state index is 13.0. The van der Waals surface area contributed by atoms with Gasteiger partial charge in [-0.25, -0.2) is 4.79 Å². The predicted octanol–water partition coefficient (Wildman–Crippen LogP) is -0.169. The van der Waals surface area contributed by atoms with Crippen LogP contribution in [0.3, 0.4) is 0 Å². The number of carbonyl (C=O) groups excluding carboxylic acids is 3. The Morgan fingerprint density at radius 3 is 2.33 bits per heavy atom. The summed E-state index contributed by atoms with van der Waals surface area (Å²) in [4.78, 5) is 39.5. The van der Waals surface area contributed by atoms with Gasteiger partial charge >= 0.3 is 13.1 Å². The molecule has 1 saturated heterocycles. The Labute approximate surface area is 195 Å². The maximum Gasteiger partial charge on any atom is 0.475 e. The molecule has 1 aromatic rings. The topological polar surface area (TPSA) is 140 Å². The molecular formula is C22H35BN4O6. The van der Waals surface area contributed by atoms with Gasteiger partial charge in [0.05, 0.1) is 25.6 Å². The van der Waals surface area contributed by atoms with E-state index in [1.807, 2.05) is 30.3 Å². The van der Waals surface area contributed by atoms with Gasteiger partial charge in [-0.15, -0.1) is 0 Å². The van der Waals surface area contributed by atoms with E-state index in [-0.39, 0.29) is 18.4 Å². The first-order chi connectivity index (χ1) is 15.8. The number of rotatable bonds is 11. The van der Waals surface area contributed by atoms with Crippen molar-refractivity contribution in [2.75, 3.05) is 26.3 Å². The SMILES string of the molecule is CC(C)NC(=O)NC(CC(=O)N1CCOCC1)C(=O)NC(CCCc1ccccc1)B(O)O. The van der Waals surface area contributed by atoms with Crippen molar-refractivity contribution < 1.29 is 29.2 Å². The Morgan fingerprint density at radius 2 is 1.73 bits per heavy atom. The van der Waals surface area contributed by atoms with Crippen LogP contribution >= 0.6 is 0 Å². The summed E-state index contributed by atoms with van der Waals surface area (Å²) >= 11 is 0. The number of morpholine rings is 1. The average molecular weight is 462 g/mol. The van der Waals surface area contributed by atoms with Crippen molar-refractivity contribution in [3.8, 4) is 0 Å². The van der Waals surface area contributed by atoms with Crippen LogP contribution < -0.4 is 16.0 Å². The fourth-order valence-electron chi connectivity index (χ4n) is 3.54. The van der Waals surface area contributed by atoms with Gasteiger partial charge in [-0.2, -0.15) is 0 Å². The number of benzene rings is 1. The molecule has 0 bridgehead atoms. The van der Waals surface area contributed by atoms with Crippen LogP contribution in [0.4, 0.5) is 4.79 Å². The van der Waals surface area contributed by atoms with E-state index in [2.05, 4.69) is 16.0 Å². The smallest absolute Gasteiger partial charge is 0.426 e. The van der Waals surface area contributed by atoms with Gasteiger partial charge in [0.25, 0.3) is 0 Å². The van der Waals surface area contributed by atoms with E-state index >= 15 is 0 Å². The lowest BCUT2D eigenvalue weighted by Crippen LogP contribution is -2.57. The molecule has 0 saturated carbocycles. The van der Waals surface area contributed by atoms with Gasteiger partial charge in [-0.05, 0) is 38.7 Å². The third kappa shape index (κ3) is 9.81. The van der Waals surface area contributed by atoms with Crippen molar-refractivity contribution in [1.82, 2.24) is 20.9 Å². The van der Waals surface area contributed by atoms with Crippen LogP contribution in [0.5, 0.6) is 0 Å². The number of ether oxygens (including phenoxy) is 1. The van der Waals surface area contributed by atoms with Gasteiger partial charge in [0.15, 0.2) is 0 Å². The van der Waals surface area contributed by atoms with Gasteiger partial charge in [-0.1, -0.05) is 30.3 Å². The third-order valence-corrected chi connectivity index (χ3v) is 5.30. The van der Waals surface area contributed by atoms with Crippen molar-refractivity contribution >= 4 is 25.0 Å². The van der Waals surface area contributed by atoms with Gasteiger partial charge < -0.3 is 35.6 Å². The molecule has 11 heteroatoms. The molecule has 0 aliphatic carbocycles. The first-order valence-corrected chi connectivity index (χ1v) is 11.4. The first-order valence-electron chi connectivity index (χ1n) is 11.4. The van der Waals surface area contributed by atoms with Crippen molar-refractivity contribution in [2.45, 2.75) is 57.6 Å². The summed E-state index contributed by atoms with van der Waals surface area (Å²) in [5.74, 6) is -1.86. The van der Waals surface area contributed by atoms with Crippen LogP contribution in [0, 0.1) is 0 Å². The van der Waals surface area contributed by atoms with Crippen molar-refractivity contribution in [3.05, 3.63) is 35.9 Å². The minimum atomic E-state index is -1.77. The molecule has 33 heavy (non-hydrogen) atoms. The summed E-state index contributed by atoms with van der Waals surface area (Å²) in [7, 11) is -1.77. The molecule has 0 spiro atoms. The Balaban J connectivity index is 1.99. The van der Waals surface area contributed by atoms with Crippen LogP contribution in [0.25, 0.3) is 0 Å². The van der Waals surface area contributed by atoms with E-state index in [9.17, 15) is 24.4 Å². The Morgan fingerprint density at radius 1 is 1.06 bits per heavy atom. The number of aryl methyl sites for hydroxylation is 1. The number of hydrogen-bond acceptors (Lipinski definition) is 6. The second kappa shape index (κ2) is 13.8. The van der Waals surface area contributed by atoms with Gasteiger partial charge in [0.2, 0.25) is 11.8 Å².